The normalized spacial score (nSPS) is 12.6. The van der Waals surface area contributed by atoms with Gasteiger partial charge in [-0.3, -0.25) is 9.59 Å². The van der Waals surface area contributed by atoms with E-state index in [-0.39, 0.29) is 30.2 Å². The third-order valence-electron chi connectivity index (χ3n) is 5.84. The van der Waals surface area contributed by atoms with Gasteiger partial charge in [0.1, 0.15) is 6.04 Å². The molecule has 4 nitrogen and oxygen atoms in total. The molecule has 0 spiro atoms. The van der Waals surface area contributed by atoms with Crippen LogP contribution in [0.1, 0.15) is 31.4 Å². The third-order valence-corrected chi connectivity index (χ3v) is 7.80. The Labute approximate surface area is 232 Å². The fourth-order valence-corrected chi connectivity index (χ4v) is 5.04. The first-order valence-electron chi connectivity index (χ1n) is 11.7. The van der Waals surface area contributed by atoms with Gasteiger partial charge in [0.2, 0.25) is 11.8 Å². The van der Waals surface area contributed by atoms with E-state index in [9.17, 15) is 9.59 Å². The first-order valence-corrected chi connectivity index (χ1v) is 13.9. The summed E-state index contributed by atoms with van der Waals surface area (Å²) in [6.45, 7) is 4.07. The van der Waals surface area contributed by atoms with Gasteiger partial charge in [-0.25, -0.2) is 0 Å². The molecule has 0 aromatic heterocycles. The summed E-state index contributed by atoms with van der Waals surface area (Å²) in [5.74, 6) is -0.251. The highest BCUT2D eigenvalue weighted by Crippen LogP contribution is 2.28. The monoisotopic (exact) mass is 562 g/mol. The number of carbonyl (C=O) groups is 2. The highest BCUT2D eigenvalue weighted by Gasteiger charge is 2.31. The molecule has 0 saturated heterocycles. The van der Waals surface area contributed by atoms with Gasteiger partial charge in [-0.05, 0) is 55.3 Å². The molecule has 0 bridgehead atoms. The lowest BCUT2D eigenvalue weighted by molar-refractivity contribution is -0.139. The molecule has 36 heavy (non-hydrogen) atoms. The van der Waals surface area contributed by atoms with Crippen LogP contribution in [0.2, 0.25) is 15.1 Å². The Hall–Kier alpha value is -2.18. The van der Waals surface area contributed by atoms with E-state index in [1.807, 2.05) is 56.3 Å². The number of amides is 2. The van der Waals surface area contributed by atoms with Crippen molar-refractivity contribution in [2.24, 2.45) is 0 Å². The number of carbonyl (C=O) groups excluding carboxylic acids is 2. The minimum atomic E-state index is -0.743. The molecule has 0 heterocycles. The Bertz CT molecular complexity index is 1140. The van der Waals surface area contributed by atoms with Crippen molar-refractivity contribution in [3.05, 3.63) is 99.0 Å². The van der Waals surface area contributed by atoms with Gasteiger partial charge < -0.3 is 10.2 Å². The van der Waals surface area contributed by atoms with Crippen molar-refractivity contribution in [3.8, 4) is 0 Å². The zero-order chi connectivity index (χ0) is 26.1. The van der Waals surface area contributed by atoms with Crippen molar-refractivity contribution in [1.82, 2.24) is 10.2 Å². The zero-order valence-corrected chi connectivity index (χ0v) is 23.3. The van der Waals surface area contributed by atoms with Crippen molar-refractivity contribution in [2.45, 2.75) is 50.2 Å². The molecule has 3 aromatic carbocycles. The van der Waals surface area contributed by atoms with E-state index >= 15 is 0 Å². The zero-order valence-electron chi connectivity index (χ0n) is 20.2. The van der Waals surface area contributed by atoms with Crippen molar-refractivity contribution in [3.63, 3.8) is 0 Å². The van der Waals surface area contributed by atoms with Gasteiger partial charge in [0.25, 0.3) is 0 Å². The van der Waals surface area contributed by atoms with Crippen LogP contribution < -0.4 is 5.32 Å². The molecule has 3 rings (SSSR count). The molecule has 190 valence electrons. The second kappa shape index (κ2) is 13.9. The number of thioether (sulfide) groups is 1. The number of nitrogens with one attached hydrogen (secondary N) is 1. The van der Waals surface area contributed by atoms with E-state index in [0.717, 1.165) is 16.9 Å². The van der Waals surface area contributed by atoms with Gasteiger partial charge >= 0.3 is 0 Å². The van der Waals surface area contributed by atoms with Crippen LogP contribution in [-0.4, -0.2) is 34.6 Å². The van der Waals surface area contributed by atoms with Crippen LogP contribution >= 0.6 is 46.6 Å². The summed E-state index contributed by atoms with van der Waals surface area (Å²) < 4.78 is 0. The van der Waals surface area contributed by atoms with Crippen LogP contribution in [0.3, 0.4) is 0 Å². The average molecular weight is 564 g/mol. The maximum absolute atomic E-state index is 13.7. The summed E-state index contributed by atoms with van der Waals surface area (Å²) in [6, 6.07) is 21.4. The fourth-order valence-electron chi connectivity index (χ4n) is 3.61. The maximum atomic E-state index is 13.7. The third kappa shape index (κ3) is 8.17. The molecule has 0 unspecified atom stereocenters. The van der Waals surface area contributed by atoms with E-state index in [0.29, 0.717) is 27.1 Å². The van der Waals surface area contributed by atoms with Crippen LogP contribution in [0.4, 0.5) is 0 Å². The van der Waals surface area contributed by atoms with Gasteiger partial charge in [-0.2, -0.15) is 0 Å². The number of hydrogen-bond acceptors (Lipinski definition) is 3. The Balaban J connectivity index is 1.95. The lowest BCUT2D eigenvalue weighted by Gasteiger charge is -2.32. The van der Waals surface area contributed by atoms with Crippen molar-refractivity contribution >= 4 is 58.4 Å². The topological polar surface area (TPSA) is 49.4 Å². The van der Waals surface area contributed by atoms with Crippen LogP contribution in [-0.2, 0) is 22.6 Å². The predicted molar refractivity (Wildman–Crippen MR) is 151 cm³/mol. The summed E-state index contributed by atoms with van der Waals surface area (Å²) in [6.07, 6.45) is 1.14. The number of rotatable bonds is 11. The Kier molecular flexibility index (Phi) is 11.0. The molecule has 0 fully saturated rings. The summed E-state index contributed by atoms with van der Waals surface area (Å²) in [4.78, 5) is 29.8. The molecular weight excluding hydrogens is 535 g/mol. The van der Waals surface area contributed by atoms with E-state index in [2.05, 4.69) is 5.32 Å². The molecule has 0 aliphatic carbocycles. The van der Waals surface area contributed by atoms with Gasteiger partial charge in [-0.1, -0.05) is 78.1 Å². The first kappa shape index (κ1) is 28.4. The summed E-state index contributed by atoms with van der Waals surface area (Å²) >= 11 is 20.3. The second-order valence-corrected chi connectivity index (χ2v) is 10.8. The predicted octanol–water partition coefficient (Wildman–Crippen LogP) is 7.29. The number of nitrogens with zero attached hydrogens (tertiary/aromatic N) is 1. The van der Waals surface area contributed by atoms with E-state index in [1.54, 1.807) is 35.2 Å². The smallest absolute Gasteiger partial charge is 0.243 e. The Morgan fingerprint density at radius 1 is 0.917 bits per heavy atom. The lowest BCUT2D eigenvalue weighted by atomic mass is 10.0. The van der Waals surface area contributed by atoms with E-state index < -0.39 is 6.04 Å². The maximum Gasteiger partial charge on any atom is 0.243 e. The lowest BCUT2D eigenvalue weighted by Crippen LogP contribution is -2.52. The van der Waals surface area contributed by atoms with E-state index in [4.69, 9.17) is 34.8 Å². The van der Waals surface area contributed by atoms with Crippen molar-refractivity contribution in [1.29, 1.82) is 0 Å². The Morgan fingerprint density at radius 2 is 1.56 bits per heavy atom. The summed E-state index contributed by atoms with van der Waals surface area (Å²) in [5.41, 5.74) is 1.57. The standard InChI is InChI=1S/C28H29Cl3N2O2S/c1-3-19(2)32-28(35)26(16-20-8-5-4-6-9-20)33(17-23-24(30)10-7-11-25(23)31)27(34)18-36-22-14-12-21(29)13-15-22/h4-15,19,26H,3,16-18H2,1-2H3,(H,32,35)/t19-,26+/m1/s1. The van der Waals surface area contributed by atoms with Crippen LogP contribution in [0.25, 0.3) is 0 Å². The molecule has 0 aliphatic rings. The molecule has 1 N–H and O–H groups in total. The molecule has 2 amide bonds. The van der Waals surface area contributed by atoms with E-state index in [1.165, 1.54) is 11.8 Å². The van der Waals surface area contributed by atoms with Gasteiger partial charge in [-0.15, -0.1) is 11.8 Å². The quantitative estimate of drug-likeness (QED) is 0.249. The van der Waals surface area contributed by atoms with Gasteiger partial charge in [0.15, 0.2) is 0 Å². The average Bonchev–Trinajstić information content (AvgIpc) is 2.87. The fraction of sp³-hybridized carbons (Fsp3) is 0.286. The SMILES string of the molecule is CC[C@@H](C)NC(=O)[C@H](Cc1ccccc1)N(Cc1c(Cl)cccc1Cl)C(=O)CSc1ccc(Cl)cc1. The van der Waals surface area contributed by atoms with Crippen LogP contribution in [0, 0.1) is 0 Å². The second-order valence-electron chi connectivity index (χ2n) is 8.49. The molecular formula is C28H29Cl3N2O2S. The summed E-state index contributed by atoms with van der Waals surface area (Å²) in [5, 5.41) is 4.59. The number of hydrogen-bond donors (Lipinski definition) is 1. The van der Waals surface area contributed by atoms with Crippen LogP contribution in [0.5, 0.6) is 0 Å². The minimum absolute atomic E-state index is 0.0277. The minimum Gasteiger partial charge on any atom is -0.352 e. The summed E-state index contributed by atoms with van der Waals surface area (Å²) in [7, 11) is 0. The molecule has 0 aliphatic heterocycles. The molecule has 0 radical (unpaired) electrons. The van der Waals surface area contributed by atoms with Gasteiger partial charge in [0, 0.05) is 44.5 Å². The highest BCUT2D eigenvalue weighted by atomic mass is 35.5. The van der Waals surface area contributed by atoms with Crippen molar-refractivity contribution in [2.75, 3.05) is 5.75 Å². The molecule has 2 atom stereocenters. The van der Waals surface area contributed by atoms with Gasteiger partial charge in [0.05, 0.1) is 5.75 Å². The first-order chi connectivity index (χ1) is 17.3. The molecule has 0 saturated carbocycles. The Morgan fingerprint density at radius 3 is 2.17 bits per heavy atom. The van der Waals surface area contributed by atoms with Crippen molar-refractivity contribution < 1.29 is 9.59 Å². The number of benzene rings is 3. The highest BCUT2D eigenvalue weighted by molar-refractivity contribution is 8.00. The molecule has 8 heteroatoms. The molecule has 3 aromatic rings. The largest absolute Gasteiger partial charge is 0.352 e. The number of halogens is 3. The van der Waals surface area contributed by atoms with Crippen LogP contribution in [0.15, 0.2) is 77.7 Å².